The maximum absolute atomic E-state index is 12.4. The van der Waals surface area contributed by atoms with Gasteiger partial charge >= 0.3 is 0 Å². The Labute approximate surface area is 88.9 Å². The van der Waals surface area contributed by atoms with E-state index in [1.165, 1.54) is 6.92 Å². The molecule has 0 aromatic carbocycles. The Morgan fingerprint density at radius 3 is 2.47 bits per heavy atom. The van der Waals surface area contributed by atoms with Gasteiger partial charge in [-0.25, -0.2) is 22.2 Å². The highest BCUT2D eigenvalue weighted by Crippen LogP contribution is 2.31. The fourth-order valence-corrected chi connectivity index (χ4v) is 1.99. The zero-order valence-electron chi connectivity index (χ0n) is 7.41. The Hall–Kier alpha value is -0.950. The summed E-state index contributed by atoms with van der Waals surface area (Å²) in [4.78, 5) is 3.32. The highest BCUT2D eigenvalue weighted by atomic mass is 35.7. The van der Waals surface area contributed by atoms with E-state index in [4.69, 9.17) is 15.8 Å². The number of aromatic nitrogens is 1. The van der Waals surface area contributed by atoms with E-state index in [2.05, 4.69) is 4.98 Å². The van der Waals surface area contributed by atoms with Crippen LogP contribution in [0.25, 0.3) is 0 Å². The van der Waals surface area contributed by atoms with Gasteiger partial charge < -0.3 is 5.11 Å². The number of alkyl halides is 2. The lowest BCUT2D eigenvalue weighted by Gasteiger charge is -2.07. The Kier molecular flexibility index (Phi) is 3.15. The van der Waals surface area contributed by atoms with Crippen molar-refractivity contribution in [3.8, 4) is 5.75 Å². The molecule has 0 fully saturated rings. The van der Waals surface area contributed by atoms with E-state index < -0.39 is 31.8 Å². The first-order valence-electron chi connectivity index (χ1n) is 3.67. The third-order valence-corrected chi connectivity index (χ3v) is 2.87. The fourth-order valence-electron chi connectivity index (χ4n) is 0.939. The van der Waals surface area contributed by atoms with Crippen LogP contribution in [0.2, 0.25) is 0 Å². The van der Waals surface area contributed by atoms with Gasteiger partial charge in [-0.3, -0.25) is 0 Å². The molecule has 0 aliphatic heterocycles. The van der Waals surface area contributed by atoms with E-state index >= 15 is 0 Å². The van der Waals surface area contributed by atoms with Gasteiger partial charge in [0.25, 0.3) is 15.5 Å². The number of rotatable bonds is 2. The molecule has 1 aromatic rings. The summed E-state index contributed by atoms with van der Waals surface area (Å²) in [6.45, 7) is 1.27. The second kappa shape index (κ2) is 3.90. The van der Waals surface area contributed by atoms with E-state index in [0.717, 1.165) is 0 Å². The van der Waals surface area contributed by atoms with E-state index in [9.17, 15) is 17.2 Å². The van der Waals surface area contributed by atoms with Crippen molar-refractivity contribution in [2.75, 3.05) is 0 Å². The third kappa shape index (κ3) is 2.54. The van der Waals surface area contributed by atoms with Crippen molar-refractivity contribution < 1.29 is 22.3 Å². The monoisotopic (exact) mass is 257 g/mol. The predicted molar refractivity (Wildman–Crippen MR) is 48.6 cm³/mol. The lowest BCUT2D eigenvalue weighted by molar-refractivity contribution is 0.146. The minimum absolute atomic E-state index is 0.0846. The maximum Gasteiger partial charge on any atom is 0.279 e. The van der Waals surface area contributed by atoms with E-state index in [-0.39, 0.29) is 5.69 Å². The number of hydrogen-bond acceptors (Lipinski definition) is 4. The van der Waals surface area contributed by atoms with Crippen LogP contribution in [0.3, 0.4) is 0 Å². The van der Waals surface area contributed by atoms with E-state index in [0.29, 0.717) is 6.07 Å². The predicted octanol–water partition coefficient (Wildman–Crippen LogP) is 1.96. The second-order valence-electron chi connectivity index (χ2n) is 2.73. The Balaban J connectivity index is 3.56. The van der Waals surface area contributed by atoms with Gasteiger partial charge in [0.15, 0.2) is 5.03 Å². The lowest BCUT2D eigenvalue weighted by atomic mass is 10.2. The average Bonchev–Trinajstić information content (AvgIpc) is 2.06. The summed E-state index contributed by atoms with van der Waals surface area (Å²) in [5.74, 6) is -0.505. The van der Waals surface area contributed by atoms with Crippen molar-refractivity contribution in [1.82, 2.24) is 4.98 Å². The van der Waals surface area contributed by atoms with Crippen molar-refractivity contribution >= 4 is 19.7 Å². The van der Waals surface area contributed by atoms with Crippen LogP contribution in [0.4, 0.5) is 8.78 Å². The average molecular weight is 258 g/mol. The molecular weight excluding hydrogens is 252 g/mol. The van der Waals surface area contributed by atoms with Crippen LogP contribution >= 0.6 is 10.7 Å². The molecule has 0 aliphatic carbocycles. The van der Waals surface area contributed by atoms with Crippen molar-refractivity contribution in [1.29, 1.82) is 0 Å². The van der Waals surface area contributed by atoms with Gasteiger partial charge in [0.2, 0.25) is 0 Å². The molecule has 0 atom stereocenters. The molecular formula is C7H6ClF2NO3S. The molecule has 0 unspecified atom stereocenters. The Morgan fingerprint density at radius 2 is 2.07 bits per heavy atom. The van der Waals surface area contributed by atoms with Crippen LogP contribution in [-0.2, 0) is 9.05 Å². The zero-order valence-corrected chi connectivity index (χ0v) is 8.98. The van der Waals surface area contributed by atoms with Gasteiger partial charge in [-0.05, 0) is 13.0 Å². The van der Waals surface area contributed by atoms with Crippen LogP contribution in [0, 0.1) is 6.92 Å². The first kappa shape index (κ1) is 12.1. The highest BCUT2D eigenvalue weighted by Gasteiger charge is 2.25. The highest BCUT2D eigenvalue weighted by molar-refractivity contribution is 8.13. The van der Waals surface area contributed by atoms with Crippen LogP contribution in [0.1, 0.15) is 17.7 Å². The largest absolute Gasteiger partial charge is 0.506 e. The summed E-state index contributed by atoms with van der Waals surface area (Å²) >= 11 is 0. The molecule has 84 valence electrons. The first-order chi connectivity index (χ1) is 6.73. The summed E-state index contributed by atoms with van der Waals surface area (Å²) in [6, 6.07) is 0.641. The SMILES string of the molecule is Cc1nc(S(=O)(=O)Cl)c(C(F)F)cc1O. The van der Waals surface area contributed by atoms with Gasteiger partial charge in [0, 0.05) is 10.7 Å². The van der Waals surface area contributed by atoms with Crippen LogP contribution in [0.5, 0.6) is 5.75 Å². The van der Waals surface area contributed by atoms with Crippen molar-refractivity contribution in [2.24, 2.45) is 0 Å². The van der Waals surface area contributed by atoms with Gasteiger partial charge in [-0.15, -0.1) is 0 Å². The zero-order chi connectivity index (χ0) is 11.8. The molecule has 0 radical (unpaired) electrons. The van der Waals surface area contributed by atoms with Gasteiger partial charge in [0.1, 0.15) is 5.75 Å². The molecule has 4 nitrogen and oxygen atoms in total. The molecule has 0 aliphatic rings. The van der Waals surface area contributed by atoms with Crippen molar-refractivity contribution in [2.45, 2.75) is 18.4 Å². The van der Waals surface area contributed by atoms with Crippen molar-refractivity contribution in [3.05, 3.63) is 17.3 Å². The summed E-state index contributed by atoms with van der Waals surface area (Å²) in [6.07, 6.45) is -3.08. The van der Waals surface area contributed by atoms with Gasteiger partial charge in [-0.2, -0.15) is 0 Å². The van der Waals surface area contributed by atoms with Gasteiger partial charge in [0.05, 0.1) is 11.3 Å². The standard InChI is InChI=1S/C7H6ClF2NO3S/c1-3-5(12)2-4(6(9)10)7(11-3)15(8,13)14/h2,6,12H,1H3. The van der Waals surface area contributed by atoms with E-state index in [1.807, 2.05) is 0 Å². The number of halogens is 3. The lowest BCUT2D eigenvalue weighted by Crippen LogP contribution is -2.03. The molecule has 0 saturated carbocycles. The van der Waals surface area contributed by atoms with Crippen LogP contribution < -0.4 is 0 Å². The molecule has 15 heavy (non-hydrogen) atoms. The number of aryl methyl sites for hydroxylation is 1. The molecule has 1 aromatic heterocycles. The van der Waals surface area contributed by atoms with E-state index in [1.54, 1.807) is 0 Å². The number of hydrogen-bond donors (Lipinski definition) is 1. The number of aromatic hydroxyl groups is 1. The third-order valence-electron chi connectivity index (χ3n) is 1.65. The second-order valence-corrected chi connectivity index (χ2v) is 5.21. The summed E-state index contributed by atoms with van der Waals surface area (Å²) in [5, 5.41) is 8.18. The minimum atomic E-state index is -4.35. The Morgan fingerprint density at radius 1 is 1.53 bits per heavy atom. The van der Waals surface area contributed by atoms with Crippen LogP contribution in [0.15, 0.2) is 11.1 Å². The molecule has 0 saturated heterocycles. The van der Waals surface area contributed by atoms with Gasteiger partial charge in [-0.1, -0.05) is 0 Å². The summed E-state index contributed by atoms with van der Waals surface area (Å²) in [7, 11) is 0.579. The molecule has 8 heteroatoms. The Bertz CT molecular complexity index is 489. The molecule has 1 N–H and O–H groups in total. The number of nitrogens with zero attached hydrogens (tertiary/aromatic N) is 1. The molecule has 0 bridgehead atoms. The summed E-state index contributed by atoms with van der Waals surface area (Å²) in [5.41, 5.74) is -0.994. The normalized spacial score (nSPS) is 12.1. The molecule has 1 heterocycles. The molecule has 0 spiro atoms. The number of pyridine rings is 1. The van der Waals surface area contributed by atoms with Crippen LogP contribution in [-0.4, -0.2) is 18.5 Å². The molecule has 1 rings (SSSR count). The first-order valence-corrected chi connectivity index (χ1v) is 5.97. The summed E-state index contributed by atoms with van der Waals surface area (Å²) < 4.78 is 46.6. The molecule has 0 amide bonds. The fraction of sp³-hybridized carbons (Fsp3) is 0.286. The quantitative estimate of drug-likeness (QED) is 0.823. The van der Waals surface area contributed by atoms with Crippen molar-refractivity contribution in [3.63, 3.8) is 0 Å². The smallest absolute Gasteiger partial charge is 0.279 e. The maximum atomic E-state index is 12.4. The minimum Gasteiger partial charge on any atom is -0.506 e. The topological polar surface area (TPSA) is 67.3 Å².